The van der Waals surface area contributed by atoms with Crippen LogP contribution in [0.2, 0.25) is 0 Å². The molecular weight excluding hydrogens is 180 g/mol. The first-order valence-electron chi connectivity index (χ1n) is 5.41. The van der Waals surface area contributed by atoms with E-state index in [2.05, 4.69) is 0 Å². The molecule has 4 nitrogen and oxygen atoms in total. The van der Waals surface area contributed by atoms with E-state index in [1.54, 1.807) is 0 Å². The lowest BCUT2D eigenvalue weighted by molar-refractivity contribution is -0.138. The third-order valence-corrected chi connectivity index (χ3v) is 3.27. The lowest BCUT2D eigenvalue weighted by atomic mass is 9.79. The Morgan fingerprint density at radius 1 is 1.36 bits per heavy atom. The number of hydrogen-bond acceptors (Lipinski definition) is 3. The molecule has 2 fully saturated rings. The van der Waals surface area contributed by atoms with Crippen LogP contribution in [-0.4, -0.2) is 43.2 Å². The summed E-state index contributed by atoms with van der Waals surface area (Å²) >= 11 is 0. The molecule has 1 saturated heterocycles. The zero-order chi connectivity index (χ0) is 9.97. The van der Waals surface area contributed by atoms with Crippen molar-refractivity contribution in [3.05, 3.63) is 0 Å². The zero-order valence-electron chi connectivity index (χ0n) is 8.45. The Balaban J connectivity index is 1.85. The number of carbonyl (C=O) groups is 1. The quantitative estimate of drug-likeness (QED) is 0.678. The number of nitrogens with zero attached hydrogens (tertiary/aromatic N) is 1. The van der Waals surface area contributed by atoms with E-state index in [0.29, 0.717) is 32.2 Å². The predicted molar refractivity (Wildman–Crippen MR) is 52.7 cm³/mol. The van der Waals surface area contributed by atoms with Gasteiger partial charge in [0.05, 0.1) is 19.3 Å². The van der Waals surface area contributed by atoms with E-state index in [0.717, 1.165) is 12.8 Å². The number of amides is 1. The highest BCUT2D eigenvalue weighted by Gasteiger charge is 2.32. The Hall–Kier alpha value is -0.610. The minimum Gasteiger partial charge on any atom is -0.378 e. The molecule has 0 spiro atoms. The SMILES string of the molecule is NC(C(=O)N1CCOCC1)C1CCC1. The summed E-state index contributed by atoms with van der Waals surface area (Å²) in [6, 6.07) is -0.262. The second-order valence-electron chi connectivity index (χ2n) is 4.15. The summed E-state index contributed by atoms with van der Waals surface area (Å²) in [5, 5.41) is 0. The highest BCUT2D eigenvalue weighted by Crippen LogP contribution is 2.29. The largest absolute Gasteiger partial charge is 0.378 e. The molecule has 2 aliphatic rings. The van der Waals surface area contributed by atoms with Gasteiger partial charge >= 0.3 is 0 Å². The molecular formula is C10H18N2O2. The van der Waals surface area contributed by atoms with E-state index < -0.39 is 0 Å². The van der Waals surface area contributed by atoms with Crippen LogP contribution in [0.3, 0.4) is 0 Å². The molecule has 1 atom stereocenters. The molecule has 2 N–H and O–H groups in total. The van der Waals surface area contributed by atoms with Crippen molar-refractivity contribution in [3.8, 4) is 0 Å². The molecule has 1 saturated carbocycles. The van der Waals surface area contributed by atoms with Crippen molar-refractivity contribution in [3.63, 3.8) is 0 Å². The van der Waals surface area contributed by atoms with Gasteiger partial charge in [0, 0.05) is 13.1 Å². The Morgan fingerprint density at radius 3 is 2.50 bits per heavy atom. The number of morpholine rings is 1. The molecule has 4 heteroatoms. The van der Waals surface area contributed by atoms with Crippen molar-refractivity contribution in [2.75, 3.05) is 26.3 Å². The molecule has 0 radical (unpaired) electrons. The average molecular weight is 198 g/mol. The summed E-state index contributed by atoms with van der Waals surface area (Å²) in [6.45, 7) is 2.73. The van der Waals surface area contributed by atoms with Gasteiger partial charge in [0.15, 0.2) is 0 Å². The van der Waals surface area contributed by atoms with E-state index in [4.69, 9.17) is 10.5 Å². The molecule has 0 aromatic rings. The van der Waals surface area contributed by atoms with Crippen molar-refractivity contribution in [2.45, 2.75) is 25.3 Å². The minimum atomic E-state index is -0.262. The first-order valence-corrected chi connectivity index (χ1v) is 5.41. The van der Waals surface area contributed by atoms with Crippen LogP contribution < -0.4 is 5.73 Å². The van der Waals surface area contributed by atoms with Crippen LogP contribution in [0.25, 0.3) is 0 Å². The molecule has 14 heavy (non-hydrogen) atoms. The molecule has 2 rings (SSSR count). The lowest BCUT2D eigenvalue weighted by Crippen LogP contribution is -2.52. The van der Waals surface area contributed by atoms with Gasteiger partial charge in [-0.2, -0.15) is 0 Å². The first-order chi connectivity index (χ1) is 6.79. The fourth-order valence-electron chi connectivity index (χ4n) is 2.00. The third kappa shape index (κ3) is 1.91. The van der Waals surface area contributed by atoms with Crippen LogP contribution in [0.5, 0.6) is 0 Å². The van der Waals surface area contributed by atoms with Gasteiger partial charge in [-0.25, -0.2) is 0 Å². The maximum absolute atomic E-state index is 11.9. The van der Waals surface area contributed by atoms with Gasteiger partial charge < -0.3 is 15.4 Å². The summed E-state index contributed by atoms with van der Waals surface area (Å²) in [7, 11) is 0. The highest BCUT2D eigenvalue weighted by atomic mass is 16.5. The molecule has 1 aliphatic carbocycles. The second-order valence-corrected chi connectivity index (χ2v) is 4.15. The molecule has 1 aliphatic heterocycles. The zero-order valence-corrected chi connectivity index (χ0v) is 8.45. The van der Waals surface area contributed by atoms with Crippen molar-refractivity contribution in [2.24, 2.45) is 11.7 Å². The smallest absolute Gasteiger partial charge is 0.239 e. The normalized spacial score (nSPS) is 25.6. The Bertz CT molecular complexity index is 206. The van der Waals surface area contributed by atoms with Gasteiger partial charge in [0.25, 0.3) is 0 Å². The van der Waals surface area contributed by atoms with E-state index in [9.17, 15) is 4.79 Å². The van der Waals surface area contributed by atoms with E-state index in [1.165, 1.54) is 6.42 Å². The third-order valence-electron chi connectivity index (χ3n) is 3.27. The summed E-state index contributed by atoms with van der Waals surface area (Å²) in [5.74, 6) is 0.559. The number of ether oxygens (including phenoxy) is 1. The topological polar surface area (TPSA) is 55.6 Å². The van der Waals surface area contributed by atoms with Crippen molar-refractivity contribution in [1.29, 1.82) is 0 Å². The van der Waals surface area contributed by atoms with Crippen molar-refractivity contribution in [1.82, 2.24) is 4.90 Å². The summed E-state index contributed by atoms with van der Waals surface area (Å²) < 4.78 is 5.20. The van der Waals surface area contributed by atoms with Gasteiger partial charge in [-0.05, 0) is 18.8 Å². The number of carbonyl (C=O) groups excluding carboxylic acids is 1. The number of hydrogen-bond donors (Lipinski definition) is 1. The Kier molecular flexibility index (Phi) is 3.03. The first kappa shape index (κ1) is 9.93. The highest BCUT2D eigenvalue weighted by molar-refractivity contribution is 5.82. The van der Waals surface area contributed by atoms with Gasteiger partial charge in [0.2, 0.25) is 5.91 Å². The Morgan fingerprint density at radius 2 is 2.00 bits per heavy atom. The standard InChI is InChI=1S/C10H18N2O2/c11-9(8-2-1-3-8)10(13)12-4-6-14-7-5-12/h8-9H,1-7,11H2. The Labute approximate surface area is 84.4 Å². The van der Waals surface area contributed by atoms with Crippen LogP contribution in [-0.2, 0) is 9.53 Å². The number of rotatable bonds is 2. The molecule has 1 amide bonds. The fraction of sp³-hybridized carbons (Fsp3) is 0.900. The second kappa shape index (κ2) is 4.28. The van der Waals surface area contributed by atoms with Crippen molar-refractivity contribution < 1.29 is 9.53 Å². The van der Waals surface area contributed by atoms with Gasteiger partial charge in [0.1, 0.15) is 0 Å². The minimum absolute atomic E-state index is 0.123. The molecule has 0 aromatic carbocycles. The van der Waals surface area contributed by atoms with Crippen LogP contribution in [0, 0.1) is 5.92 Å². The van der Waals surface area contributed by atoms with Crippen LogP contribution in [0.15, 0.2) is 0 Å². The predicted octanol–water partition coefficient (Wildman–Crippen LogP) is -0.0274. The van der Waals surface area contributed by atoms with E-state index >= 15 is 0 Å². The molecule has 80 valence electrons. The van der Waals surface area contributed by atoms with Gasteiger partial charge in [-0.3, -0.25) is 4.79 Å². The molecule has 0 bridgehead atoms. The average Bonchev–Trinajstić information content (AvgIpc) is 2.15. The van der Waals surface area contributed by atoms with E-state index in [1.807, 2.05) is 4.90 Å². The van der Waals surface area contributed by atoms with Crippen LogP contribution >= 0.6 is 0 Å². The summed E-state index contributed by atoms with van der Waals surface area (Å²) in [6.07, 6.45) is 3.48. The van der Waals surface area contributed by atoms with Crippen LogP contribution in [0.4, 0.5) is 0 Å². The molecule has 0 aromatic heterocycles. The number of nitrogens with two attached hydrogens (primary N) is 1. The van der Waals surface area contributed by atoms with Gasteiger partial charge in [-0.1, -0.05) is 6.42 Å². The molecule has 1 heterocycles. The summed E-state index contributed by atoms with van der Waals surface area (Å²) in [4.78, 5) is 13.7. The lowest BCUT2D eigenvalue weighted by Gasteiger charge is -2.35. The maximum Gasteiger partial charge on any atom is 0.239 e. The van der Waals surface area contributed by atoms with E-state index in [-0.39, 0.29) is 11.9 Å². The fourth-order valence-corrected chi connectivity index (χ4v) is 2.00. The maximum atomic E-state index is 11.9. The monoisotopic (exact) mass is 198 g/mol. The molecule has 1 unspecified atom stereocenters. The van der Waals surface area contributed by atoms with Crippen LogP contribution in [0.1, 0.15) is 19.3 Å². The van der Waals surface area contributed by atoms with Gasteiger partial charge in [-0.15, -0.1) is 0 Å². The van der Waals surface area contributed by atoms with Crippen molar-refractivity contribution >= 4 is 5.91 Å². The summed E-state index contributed by atoms with van der Waals surface area (Å²) in [5.41, 5.74) is 5.92.